The number of hydrogen-bond donors (Lipinski definition) is 0. The summed E-state index contributed by atoms with van der Waals surface area (Å²) in [4.78, 5) is 30.2. The Morgan fingerprint density at radius 3 is 2.18 bits per heavy atom. The molecule has 6 heteroatoms. The monoisotopic (exact) mass is 307 g/mol. The third kappa shape index (κ3) is 3.81. The molecule has 2 rings (SSSR count). The van der Waals surface area contributed by atoms with Crippen LogP contribution in [0.2, 0.25) is 0 Å². The number of furan rings is 1. The molecule has 0 spiro atoms. The lowest BCUT2D eigenvalue weighted by Gasteiger charge is -2.37. The van der Waals surface area contributed by atoms with E-state index in [1.807, 2.05) is 9.80 Å². The Morgan fingerprint density at radius 1 is 1.09 bits per heavy atom. The predicted octanol–water partition coefficient (Wildman–Crippen LogP) is 2.28. The zero-order valence-corrected chi connectivity index (χ0v) is 13.5. The highest BCUT2D eigenvalue weighted by Crippen LogP contribution is 2.11. The summed E-state index contributed by atoms with van der Waals surface area (Å²) in [7, 11) is 0. The first kappa shape index (κ1) is 16.4. The van der Waals surface area contributed by atoms with Crippen LogP contribution in [0.25, 0.3) is 0 Å². The second kappa shape index (κ2) is 7.87. The van der Waals surface area contributed by atoms with Gasteiger partial charge in [-0.25, -0.2) is 4.79 Å². The van der Waals surface area contributed by atoms with Gasteiger partial charge in [0.2, 0.25) is 0 Å². The van der Waals surface area contributed by atoms with Crippen LogP contribution in [-0.4, -0.2) is 65.9 Å². The molecule has 122 valence electrons. The van der Waals surface area contributed by atoms with Crippen molar-refractivity contribution in [1.82, 2.24) is 14.7 Å². The van der Waals surface area contributed by atoms with Crippen molar-refractivity contribution in [2.75, 3.05) is 39.3 Å². The van der Waals surface area contributed by atoms with E-state index in [-0.39, 0.29) is 11.9 Å². The number of rotatable bonds is 5. The molecule has 1 aromatic heterocycles. The van der Waals surface area contributed by atoms with Gasteiger partial charge in [0, 0.05) is 39.3 Å². The number of carbonyl (C=O) groups excluding carboxylic acids is 2. The summed E-state index contributed by atoms with van der Waals surface area (Å²) in [5.74, 6) is 0.259. The molecule has 22 heavy (non-hydrogen) atoms. The molecule has 0 radical (unpaired) electrons. The Hall–Kier alpha value is -1.98. The highest BCUT2D eigenvalue weighted by Gasteiger charge is 2.27. The van der Waals surface area contributed by atoms with Crippen molar-refractivity contribution in [2.45, 2.75) is 26.7 Å². The molecule has 1 aliphatic heterocycles. The van der Waals surface area contributed by atoms with Crippen molar-refractivity contribution in [3.05, 3.63) is 24.2 Å². The minimum absolute atomic E-state index is 0.0915. The number of piperazine rings is 1. The van der Waals surface area contributed by atoms with Gasteiger partial charge in [-0.2, -0.15) is 0 Å². The van der Waals surface area contributed by atoms with Crippen molar-refractivity contribution < 1.29 is 14.0 Å². The van der Waals surface area contributed by atoms with E-state index in [0.29, 0.717) is 31.9 Å². The largest absolute Gasteiger partial charge is 0.459 e. The summed E-state index contributed by atoms with van der Waals surface area (Å²) in [6.07, 6.45) is 3.42. The zero-order chi connectivity index (χ0) is 15.9. The van der Waals surface area contributed by atoms with E-state index in [1.54, 1.807) is 17.0 Å². The molecule has 3 amide bonds. The van der Waals surface area contributed by atoms with Crippen LogP contribution in [0.4, 0.5) is 4.79 Å². The summed E-state index contributed by atoms with van der Waals surface area (Å²) in [5, 5.41) is 0. The van der Waals surface area contributed by atoms with Gasteiger partial charge in [-0.15, -0.1) is 0 Å². The molecule has 1 aromatic rings. The van der Waals surface area contributed by atoms with E-state index in [4.69, 9.17) is 4.42 Å². The molecule has 0 bridgehead atoms. The van der Waals surface area contributed by atoms with Crippen LogP contribution in [-0.2, 0) is 0 Å². The van der Waals surface area contributed by atoms with Crippen molar-refractivity contribution >= 4 is 11.9 Å². The van der Waals surface area contributed by atoms with Crippen molar-refractivity contribution in [3.8, 4) is 0 Å². The average molecular weight is 307 g/mol. The van der Waals surface area contributed by atoms with Gasteiger partial charge < -0.3 is 19.1 Å². The smallest absolute Gasteiger partial charge is 0.320 e. The van der Waals surface area contributed by atoms with E-state index in [0.717, 1.165) is 25.9 Å². The standard InChI is InChI=1S/C16H25N3O3/c1-3-7-18(8-4-2)16(21)19-11-9-17(10-12-19)15(20)14-6-5-13-22-14/h5-6,13H,3-4,7-12H2,1-2H3. The van der Waals surface area contributed by atoms with E-state index < -0.39 is 0 Å². The molecule has 0 atom stereocenters. The Labute approximate surface area is 131 Å². The Kier molecular flexibility index (Phi) is 5.86. The van der Waals surface area contributed by atoms with Crippen LogP contribution in [0.1, 0.15) is 37.2 Å². The lowest BCUT2D eigenvalue weighted by Crippen LogP contribution is -2.54. The minimum atomic E-state index is -0.101. The SMILES string of the molecule is CCCN(CCC)C(=O)N1CCN(C(=O)c2ccco2)CC1. The number of carbonyl (C=O) groups is 2. The summed E-state index contributed by atoms with van der Waals surface area (Å²) < 4.78 is 5.14. The van der Waals surface area contributed by atoms with Crippen LogP contribution < -0.4 is 0 Å². The molecule has 0 aliphatic carbocycles. The fourth-order valence-corrected chi connectivity index (χ4v) is 2.70. The average Bonchev–Trinajstić information content (AvgIpc) is 3.08. The van der Waals surface area contributed by atoms with E-state index in [1.165, 1.54) is 6.26 Å². The molecule has 1 aliphatic rings. The van der Waals surface area contributed by atoms with E-state index in [9.17, 15) is 9.59 Å². The Bertz CT molecular complexity index is 473. The number of nitrogens with zero attached hydrogens (tertiary/aromatic N) is 3. The van der Waals surface area contributed by atoms with Crippen LogP contribution in [0.15, 0.2) is 22.8 Å². The second-order valence-electron chi connectivity index (χ2n) is 5.53. The van der Waals surface area contributed by atoms with Gasteiger partial charge in [0.25, 0.3) is 5.91 Å². The third-order valence-electron chi connectivity index (χ3n) is 3.83. The van der Waals surface area contributed by atoms with Gasteiger partial charge in [0.1, 0.15) is 0 Å². The summed E-state index contributed by atoms with van der Waals surface area (Å²) >= 11 is 0. The first-order valence-corrected chi connectivity index (χ1v) is 8.04. The number of urea groups is 1. The first-order chi connectivity index (χ1) is 10.7. The van der Waals surface area contributed by atoms with Gasteiger partial charge in [0.05, 0.1) is 6.26 Å². The summed E-state index contributed by atoms with van der Waals surface area (Å²) in [6.45, 7) is 8.00. The van der Waals surface area contributed by atoms with E-state index >= 15 is 0 Å². The molecular formula is C16H25N3O3. The number of hydrogen-bond acceptors (Lipinski definition) is 3. The molecule has 1 fully saturated rings. The molecule has 0 aromatic carbocycles. The zero-order valence-electron chi connectivity index (χ0n) is 13.5. The Balaban J connectivity index is 1.88. The molecule has 0 saturated carbocycles. The molecule has 0 N–H and O–H groups in total. The van der Waals surface area contributed by atoms with Gasteiger partial charge >= 0.3 is 6.03 Å². The van der Waals surface area contributed by atoms with Crippen molar-refractivity contribution in [1.29, 1.82) is 0 Å². The topological polar surface area (TPSA) is 57.0 Å². The van der Waals surface area contributed by atoms with Gasteiger partial charge in [0.15, 0.2) is 5.76 Å². The highest BCUT2D eigenvalue weighted by molar-refractivity contribution is 5.91. The maximum absolute atomic E-state index is 12.5. The molecule has 2 heterocycles. The Morgan fingerprint density at radius 2 is 1.68 bits per heavy atom. The van der Waals surface area contributed by atoms with Gasteiger partial charge in [-0.05, 0) is 25.0 Å². The second-order valence-corrected chi connectivity index (χ2v) is 5.53. The summed E-state index contributed by atoms with van der Waals surface area (Å²) in [6, 6.07) is 3.47. The third-order valence-corrected chi connectivity index (χ3v) is 3.83. The van der Waals surface area contributed by atoms with Gasteiger partial charge in [-0.1, -0.05) is 13.8 Å². The normalized spacial score (nSPS) is 15.0. The highest BCUT2D eigenvalue weighted by atomic mass is 16.3. The lowest BCUT2D eigenvalue weighted by atomic mass is 10.3. The lowest BCUT2D eigenvalue weighted by molar-refractivity contribution is 0.0609. The summed E-state index contributed by atoms with van der Waals surface area (Å²) in [5.41, 5.74) is 0. The molecule has 6 nitrogen and oxygen atoms in total. The molecular weight excluding hydrogens is 282 g/mol. The van der Waals surface area contributed by atoms with Crippen molar-refractivity contribution in [2.24, 2.45) is 0 Å². The van der Waals surface area contributed by atoms with Crippen LogP contribution >= 0.6 is 0 Å². The van der Waals surface area contributed by atoms with Gasteiger partial charge in [-0.3, -0.25) is 4.79 Å². The maximum atomic E-state index is 12.5. The van der Waals surface area contributed by atoms with Crippen LogP contribution in [0.3, 0.4) is 0 Å². The maximum Gasteiger partial charge on any atom is 0.320 e. The fourth-order valence-electron chi connectivity index (χ4n) is 2.70. The quantitative estimate of drug-likeness (QED) is 0.838. The minimum Gasteiger partial charge on any atom is -0.459 e. The van der Waals surface area contributed by atoms with Crippen LogP contribution in [0.5, 0.6) is 0 Å². The molecule has 1 saturated heterocycles. The number of amides is 3. The van der Waals surface area contributed by atoms with Crippen LogP contribution in [0, 0.1) is 0 Å². The predicted molar refractivity (Wildman–Crippen MR) is 83.7 cm³/mol. The van der Waals surface area contributed by atoms with Crippen molar-refractivity contribution in [3.63, 3.8) is 0 Å². The van der Waals surface area contributed by atoms with E-state index in [2.05, 4.69) is 13.8 Å². The fraction of sp³-hybridized carbons (Fsp3) is 0.625. The molecule has 0 unspecified atom stereocenters. The first-order valence-electron chi connectivity index (χ1n) is 8.04.